The number of para-hydroxylation sites is 2. The van der Waals surface area contributed by atoms with Gasteiger partial charge in [-0.05, 0) is 23.3 Å². The van der Waals surface area contributed by atoms with Gasteiger partial charge in [-0.2, -0.15) is 0 Å². The Kier molecular flexibility index (Phi) is 3.44. The average Bonchev–Trinajstić information content (AvgIpc) is 3.14. The van der Waals surface area contributed by atoms with E-state index in [1.807, 2.05) is 43.4 Å². The van der Waals surface area contributed by atoms with Gasteiger partial charge in [0.1, 0.15) is 0 Å². The van der Waals surface area contributed by atoms with E-state index in [9.17, 15) is 4.79 Å². The minimum Gasteiger partial charge on any atom is -0.343 e. The predicted octanol–water partition coefficient (Wildman–Crippen LogP) is 4.95. The maximum Gasteiger partial charge on any atom is 0.238 e. The molecule has 4 aromatic rings. The van der Waals surface area contributed by atoms with Crippen LogP contribution < -0.4 is 4.90 Å². The maximum atomic E-state index is 13.3. The lowest BCUT2D eigenvalue weighted by atomic mass is 9.88. The molecule has 0 saturated heterocycles. The van der Waals surface area contributed by atoms with Gasteiger partial charge in [-0.25, -0.2) is 0 Å². The number of fused-ring (bicyclic) bond motifs is 2. The molecule has 0 aliphatic carbocycles. The molecule has 5 rings (SSSR count). The van der Waals surface area contributed by atoms with Crippen LogP contribution in [0, 0.1) is 0 Å². The lowest BCUT2D eigenvalue weighted by Gasteiger charge is -2.14. The zero-order chi connectivity index (χ0) is 18.5. The highest BCUT2D eigenvalue weighted by atomic mass is 16.2. The van der Waals surface area contributed by atoms with Crippen molar-refractivity contribution in [2.24, 2.45) is 7.05 Å². The van der Waals surface area contributed by atoms with Crippen LogP contribution in [0.1, 0.15) is 17.0 Å². The number of aromatic nitrogens is 1. The monoisotopic (exact) mass is 352 g/mol. The summed E-state index contributed by atoms with van der Waals surface area (Å²) < 4.78 is 2.22. The van der Waals surface area contributed by atoms with Crippen molar-refractivity contribution in [3.8, 4) is 11.3 Å². The Labute approximate surface area is 158 Å². The summed E-state index contributed by atoms with van der Waals surface area (Å²) >= 11 is 0. The molecule has 1 amide bonds. The summed E-state index contributed by atoms with van der Waals surface area (Å²) in [7, 11) is 3.96. The molecule has 1 unspecified atom stereocenters. The second kappa shape index (κ2) is 5.85. The summed E-state index contributed by atoms with van der Waals surface area (Å²) in [6.45, 7) is 0. The Balaban J connectivity index is 1.88. The molecule has 132 valence electrons. The number of aryl methyl sites for hydroxylation is 1. The minimum atomic E-state index is -0.285. The molecule has 27 heavy (non-hydrogen) atoms. The highest BCUT2D eigenvalue weighted by Gasteiger charge is 2.39. The first-order valence-electron chi connectivity index (χ1n) is 9.17. The number of nitrogens with zero attached hydrogens (tertiary/aromatic N) is 2. The van der Waals surface area contributed by atoms with Gasteiger partial charge in [0, 0.05) is 36.2 Å². The number of benzene rings is 3. The molecule has 1 atom stereocenters. The summed E-state index contributed by atoms with van der Waals surface area (Å²) in [4.78, 5) is 15.1. The lowest BCUT2D eigenvalue weighted by molar-refractivity contribution is -0.118. The van der Waals surface area contributed by atoms with Crippen molar-refractivity contribution < 1.29 is 4.79 Å². The normalized spacial score (nSPS) is 16.1. The Hall–Kier alpha value is -3.33. The van der Waals surface area contributed by atoms with Gasteiger partial charge in [0.15, 0.2) is 0 Å². The molecular weight excluding hydrogens is 332 g/mol. The average molecular weight is 352 g/mol. The fourth-order valence-corrected chi connectivity index (χ4v) is 4.42. The van der Waals surface area contributed by atoms with Crippen LogP contribution in [0.15, 0.2) is 78.9 Å². The molecule has 3 heteroatoms. The molecule has 1 aliphatic rings. The van der Waals surface area contributed by atoms with E-state index in [1.165, 1.54) is 0 Å². The first kappa shape index (κ1) is 15.9. The molecule has 0 saturated carbocycles. The van der Waals surface area contributed by atoms with E-state index in [0.29, 0.717) is 0 Å². The van der Waals surface area contributed by atoms with Crippen molar-refractivity contribution >= 4 is 22.5 Å². The van der Waals surface area contributed by atoms with E-state index in [-0.39, 0.29) is 11.8 Å². The van der Waals surface area contributed by atoms with Crippen LogP contribution in [0.5, 0.6) is 0 Å². The Morgan fingerprint density at radius 3 is 2.26 bits per heavy atom. The SMILES string of the molecule is CN1C(=O)C(c2c(-c3ccccc3)n(C)c3ccccc23)c2ccccc21. The van der Waals surface area contributed by atoms with Crippen molar-refractivity contribution in [2.45, 2.75) is 5.92 Å². The number of carbonyl (C=O) groups is 1. The van der Waals surface area contributed by atoms with Crippen molar-refractivity contribution in [1.82, 2.24) is 4.57 Å². The number of amides is 1. The highest BCUT2D eigenvalue weighted by molar-refractivity contribution is 6.10. The molecule has 0 radical (unpaired) electrons. The third kappa shape index (κ3) is 2.18. The summed E-state index contributed by atoms with van der Waals surface area (Å²) in [5, 5.41) is 1.14. The van der Waals surface area contributed by atoms with E-state index < -0.39 is 0 Å². The first-order chi connectivity index (χ1) is 13.2. The third-order valence-corrected chi connectivity index (χ3v) is 5.67. The topological polar surface area (TPSA) is 25.2 Å². The number of likely N-dealkylation sites (N-methyl/N-ethyl adjacent to an activating group) is 1. The molecule has 2 heterocycles. The van der Waals surface area contributed by atoms with Crippen LogP contribution in [-0.4, -0.2) is 17.5 Å². The molecular formula is C24H20N2O. The number of rotatable bonds is 2. The first-order valence-corrected chi connectivity index (χ1v) is 9.17. The summed E-state index contributed by atoms with van der Waals surface area (Å²) in [5.74, 6) is -0.155. The van der Waals surface area contributed by atoms with Gasteiger partial charge in [0.05, 0.1) is 11.6 Å². The van der Waals surface area contributed by atoms with Crippen LogP contribution in [-0.2, 0) is 11.8 Å². The standard InChI is InChI=1S/C24H20N2O/c1-25-19-14-8-6-12-17(19)21(23(25)16-10-4-3-5-11-16)22-18-13-7-9-15-20(18)26(2)24(22)27/h3-15,22H,1-2H3. The summed E-state index contributed by atoms with van der Waals surface area (Å²) in [5.41, 5.74) is 6.57. The zero-order valence-corrected chi connectivity index (χ0v) is 15.4. The number of hydrogen-bond acceptors (Lipinski definition) is 1. The molecule has 3 nitrogen and oxygen atoms in total. The molecule has 1 aromatic heterocycles. The molecule has 0 fully saturated rings. The van der Waals surface area contributed by atoms with Gasteiger partial charge >= 0.3 is 0 Å². The lowest BCUT2D eigenvalue weighted by Crippen LogP contribution is -2.24. The van der Waals surface area contributed by atoms with Gasteiger partial charge in [-0.15, -0.1) is 0 Å². The zero-order valence-electron chi connectivity index (χ0n) is 15.4. The summed E-state index contributed by atoms with van der Waals surface area (Å²) in [6, 6.07) is 26.8. The van der Waals surface area contributed by atoms with Crippen LogP contribution in [0.25, 0.3) is 22.2 Å². The fraction of sp³-hybridized carbons (Fsp3) is 0.125. The van der Waals surface area contributed by atoms with E-state index in [4.69, 9.17) is 0 Å². The molecule has 3 aromatic carbocycles. The van der Waals surface area contributed by atoms with Crippen molar-refractivity contribution in [2.75, 3.05) is 11.9 Å². The second-order valence-corrected chi connectivity index (χ2v) is 7.09. The maximum absolute atomic E-state index is 13.3. The smallest absolute Gasteiger partial charge is 0.238 e. The molecule has 0 bridgehead atoms. The minimum absolute atomic E-state index is 0.129. The fourth-order valence-electron chi connectivity index (χ4n) is 4.42. The Morgan fingerprint density at radius 2 is 1.44 bits per heavy atom. The predicted molar refractivity (Wildman–Crippen MR) is 110 cm³/mol. The van der Waals surface area contributed by atoms with Gasteiger partial charge < -0.3 is 9.47 Å². The number of carbonyl (C=O) groups excluding carboxylic acids is 1. The van der Waals surface area contributed by atoms with Crippen LogP contribution in [0.2, 0.25) is 0 Å². The van der Waals surface area contributed by atoms with E-state index in [2.05, 4.69) is 54.1 Å². The summed E-state index contributed by atoms with van der Waals surface area (Å²) in [6.07, 6.45) is 0. The molecule has 0 spiro atoms. The van der Waals surface area contributed by atoms with E-state index >= 15 is 0 Å². The van der Waals surface area contributed by atoms with Gasteiger partial charge in [0.2, 0.25) is 5.91 Å². The third-order valence-electron chi connectivity index (χ3n) is 5.67. The van der Waals surface area contributed by atoms with Gasteiger partial charge in [-0.1, -0.05) is 66.7 Å². The van der Waals surface area contributed by atoms with Crippen LogP contribution in [0.4, 0.5) is 5.69 Å². The molecule has 0 N–H and O–H groups in total. The van der Waals surface area contributed by atoms with Crippen LogP contribution >= 0.6 is 0 Å². The van der Waals surface area contributed by atoms with Crippen molar-refractivity contribution in [3.63, 3.8) is 0 Å². The highest BCUT2D eigenvalue weighted by Crippen LogP contribution is 2.46. The van der Waals surface area contributed by atoms with Crippen molar-refractivity contribution in [3.05, 3.63) is 90.0 Å². The largest absolute Gasteiger partial charge is 0.343 e. The van der Waals surface area contributed by atoms with Gasteiger partial charge in [-0.3, -0.25) is 4.79 Å². The van der Waals surface area contributed by atoms with E-state index in [0.717, 1.165) is 39.0 Å². The Morgan fingerprint density at radius 1 is 0.778 bits per heavy atom. The quantitative estimate of drug-likeness (QED) is 0.501. The number of anilines is 1. The van der Waals surface area contributed by atoms with Crippen LogP contribution in [0.3, 0.4) is 0 Å². The van der Waals surface area contributed by atoms with Gasteiger partial charge in [0.25, 0.3) is 0 Å². The van der Waals surface area contributed by atoms with E-state index in [1.54, 1.807) is 4.90 Å². The van der Waals surface area contributed by atoms with Crippen molar-refractivity contribution in [1.29, 1.82) is 0 Å². The Bertz CT molecular complexity index is 1170. The second-order valence-electron chi connectivity index (χ2n) is 7.09. The number of hydrogen-bond donors (Lipinski definition) is 0. The molecule has 1 aliphatic heterocycles.